The summed E-state index contributed by atoms with van der Waals surface area (Å²) in [5.41, 5.74) is 1.92. The van der Waals surface area contributed by atoms with Crippen LogP contribution in [-0.2, 0) is 6.54 Å². The van der Waals surface area contributed by atoms with Crippen LogP contribution in [0.3, 0.4) is 0 Å². The van der Waals surface area contributed by atoms with E-state index in [0.29, 0.717) is 24.5 Å². The molecule has 0 radical (unpaired) electrons. The zero-order valence-corrected chi connectivity index (χ0v) is 16.2. The van der Waals surface area contributed by atoms with Gasteiger partial charge in [-0.2, -0.15) is 0 Å². The molecule has 0 atom stereocenters. The monoisotopic (exact) mass is 368 g/mol. The number of piperazine rings is 1. The lowest BCUT2D eigenvalue weighted by Gasteiger charge is -2.35. The summed E-state index contributed by atoms with van der Waals surface area (Å²) in [6, 6.07) is 15.8. The van der Waals surface area contributed by atoms with Crippen molar-refractivity contribution in [2.45, 2.75) is 20.4 Å². The van der Waals surface area contributed by atoms with Gasteiger partial charge >= 0.3 is 0 Å². The van der Waals surface area contributed by atoms with Crippen molar-refractivity contribution in [2.24, 2.45) is 0 Å². The van der Waals surface area contributed by atoms with Crippen molar-refractivity contribution < 1.29 is 14.3 Å². The lowest BCUT2D eigenvalue weighted by Crippen LogP contribution is -2.48. The van der Waals surface area contributed by atoms with Gasteiger partial charge < -0.3 is 14.4 Å². The van der Waals surface area contributed by atoms with E-state index in [2.05, 4.69) is 17.0 Å². The molecule has 0 aliphatic carbocycles. The minimum absolute atomic E-state index is 0.0553. The Hall–Kier alpha value is -2.53. The normalized spacial score (nSPS) is 14.8. The summed E-state index contributed by atoms with van der Waals surface area (Å²) < 4.78 is 11.1. The van der Waals surface area contributed by atoms with Crippen molar-refractivity contribution >= 4 is 5.91 Å². The second-order valence-electron chi connectivity index (χ2n) is 6.57. The molecule has 1 heterocycles. The number of nitrogens with zero attached hydrogens (tertiary/aromatic N) is 2. The number of carbonyl (C=O) groups is 1. The SMILES string of the molecule is CCOc1ccc(CN2CCN(C(=O)c3ccccc3OCC)CC2)cc1. The first-order valence-corrected chi connectivity index (χ1v) is 9.66. The lowest BCUT2D eigenvalue weighted by atomic mass is 10.1. The second kappa shape index (κ2) is 9.42. The summed E-state index contributed by atoms with van der Waals surface area (Å²) in [4.78, 5) is 17.2. The molecule has 2 aromatic carbocycles. The van der Waals surface area contributed by atoms with Crippen LogP contribution in [0.25, 0.3) is 0 Å². The number of ether oxygens (including phenoxy) is 2. The smallest absolute Gasteiger partial charge is 0.257 e. The maximum atomic E-state index is 12.9. The molecule has 1 aliphatic rings. The van der Waals surface area contributed by atoms with Gasteiger partial charge in [0.1, 0.15) is 11.5 Å². The summed E-state index contributed by atoms with van der Waals surface area (Å²) in [7, 11) is 0. The van der Waals surface area contributed by atoms with Crippen molar-refractivity contribution in [1.29, 1.82) is 0 Å². The third-order valence-corrected chi connectivity index (χ3v) is 4.72. The van der Waals surface area contributed by atoms with Crippen molar-refractivity contribution in [3.8, 4) is 11.5 Å². The fraction of sp³-hybridized carbons (Fsp3) is 0.409. The minimum atomic E-state index is 0.0553. The summed E-state index contributed by atoms with van der Waals surface area (Å²) in [5.74, 6) is 1.63. The highest BCUT2D eigenvalue weighted by molar-refractivity contribution is 5.97. The molecule has 5 heteroatoms. The predicted molar refractivity (Wildman–Crippen MR) is 106 cm³/mol. The molecular formula is C22H28N2O3. The summed E-state index contributed by atoms with van der Waals surface area (Å²) >= 11 is 0. The second-order valence-corrected chi connectivity index (χ2v) is 6.57. The average molecular weight is 368 g/mol. The largest absolute Gasteiger partial charge is 0.494 e. The van der Waals surface area contributed by atoms with E-state index in [0.717, 1.165) is 38.5 Å². The first-order chi connectivity index (χ1) is 13.2. The fourth-order valence-electron chi connectivity index (χ4n) is 3.32. The van der Waals surface area contributed by atoms with Crippen molar-refractivity contribution in [3.05, 3.63) is 59.7 Å². The van der Waals surface area contributed by atoms with Crippen LogP contribution in [0.4, 0.5) is 0 Å². The third kappa shape index (κ3) is 5.01. The van der Waals surface area contributed by atoms with Crippen LogP contribution in [0.1, 0.15) is 29.8 Å². The van der Waals surface area contributed by atoms with Gasteiger partial charge in [0.15, 0.2) is 0 Å². The number of amides is 1. The van der Waals surface area contributed by atoms with Gasteiger partial charge in [0.25, 0.3) is 5.91 Å². The van der Waals surface area contributed by atoms with Gasteiger partial charge in [0, 0.05) is 32.7 Å². The molecule has 0 N–H and O–H groups in total. The third-order valence-electron chi connectivity index (χ3n) is 4.72. The standard InChI is InChI=1S/C22H28N2O3/c1-3-26-19-11-9-18(10-12-19)17-23-13-15-24(16-14-23)22(25)20-7-5-6-8-21(20)27-4-2/h5-12H,3-4,13-17H2,1-2H3. The summed E-state index contributed by atoms with van der Waals surface area (Å²) in [6.45, 7) is 9.26. The highest BCUT2D eigenvalue weighted by Crippen LogP contribution is 2.21. The molecule has 0 unspecified atom stereocenters. The molecule has 0 aromatic heterocycles. The number of hydrogen-bond acceptors (Lipinski definition) is 4. The molecular weight excluding hydrogens is 340 g/mol. The van der Waals surface area contributed by atoms with E-state index in [9.17, 15) is 4.79 Å². The highest BCUT2D eigenvalue weighted by Gasteiger charge is 2.24. The molecule has 1 aliphatic heterocycles. The zero-order valence-electron chi connectivity index (χ0n) is 16.2. The summed E-state index contributed by atoms with van der Waals surface area (Å²) in [6.07, 6.45) is 0. The Balaban J connectivity index is 1.55. The molecule has 0 saturated carbocycles. The van der Waals surface area contributed by atoms with Crippen LogP contribution in [0.2, 0.25) is 0 Å². The van der Waals surface area contributed by atoms with Gasteiger partial charge in [-0.3, -0.25) is 9.69 Å². The molecule has 2 aromatic rings. The molecule has 1 amide bonds. The predicted octanol–water partition coefficient (Wildman–Crippen LogP) is 3.44. The Labute approximate surface area is 161 Å². The number of carbonyl (C=O) groups excluding carboxylic acids is 1. The van der Waals surface area contributed by atoms with E-state index in [1.54, 1.807) is 0 Å². The van der Waals surface area contributed by atoms with Gasteiger partial charge in [-0.1, -0.05) is 24.3 Å². The zero-order chi connectivity index (χ0) is 19.1. The molecule has 1 fully saturated rings. The van der Waals surface area contributed by atoms with Gasteiger partial charge in [-0.05, 0) is 43.7 Å². The number of para-hydroxylation sites is 1. The van der Waals surface area contributed by atoms with Crippen LogP contribution in [0.15, 0.2) is 48.5 Å². The Kier molecular flexibility index (Phi) is 6.71. The van der Waals surface area contributed by atoms with Crippen LogP contribution in [0.5, 0.6) is 11.5 Å². The van der Waals surface area contributed by atoms with E-state index in [1.807, 2.05) is 55.1 Å². The van der Waals surface area contributed by atoms with Crippen LogP contribution < -0.4 is 9.47 Å². The van der Waals surface area contributed by atoms with Crippen LogP contribution in [0, 0.1) is 0 Å². The fourth-order valence-corrected chi connectivity index (χ4v) is 3.32. The molecule has 144 valence electrons. The quantitative estimate of drug-likeness (QED) is 0.751. The Morgan fingerprint density at radius 2 is 1.56 bits per heavy atom. The van der Waals surface area contributed by atoms with E-state index < -0.39 is 0 Å². The maximum absolute atomic E-state index is 12.9. The minimum Gasteiger partial charge on any atom is -0.494 e. The van der Waals surface area contributed by atoms with E-state index in [-0.39, 0.29) is 5.91 Å². The number of hydrogen-bond donors (Lipinski definition) is 0. The van der Waals surface area contributed by atoms with E-state index in [1.165, 1.54) is 5.56 Å². The van der Waals surface area contributed by atoms with Crippen molar-refractivity contribution in [2.75, 3.05) is 39.4 Å². The molecule has 0 spiro atoms. The number of rotatable bonds is 7. The average Bonchev–Trinajstić information content (AvgIpc) is 2.70. The number of benzene rings is 2. The summed E-state index contributed by atoms with van der Waals surface area (Å²) in [5, 5.41) is 0. The topological polar surface area (TPSA) is 42.0 Å². The first kappa shape index (κ1) is 19.2. The van der Waals surface area contributed by atoms with E-state index >= 15 is 0 Å². The molecule has 5 nitrogen and oxygen atoms in total. The maximum Gasteiger partial charge on any atom is 0.257 e. The lowest BCUT2D eigenvalue weighted by molar-refractivity contribution is 0.0624. The van der Waals surface area contributed by atoms with Crippen LogP contribution >= 0.6 is 0 Å². The van der Waals surface area contributed by atoms with Gasteiger partial charge in [0.05, 0.1) is 18.8 Å². The highest BCUT2D eigenvalue weighted by atomic mass is 16.5. The van der Waals surface area contributed by atoms with Crippen LogP contribution in [-0.4, -0.2) is 55.1 Å². The van der Waals surface area contributed by atoms with E-state index in [4.69, 9.17) is 9.47 Å². The molecule has 27 heavy (non-hydrogen) atoms. The molecule has 3 rings (SSSR count). The molecule has 1 saturated heterocycles. The van der Waals surface area contributed by atoms with Gasteiger partial charge in [-0.25, -0.2) is 0 Å². The van der Waals surface area contributed by atoms with Gasteiger partial charge in [-0.15, -0.1) is 0 Å². The van der Waals surface area contributed by atoms with Gasteiger partial charge in [0.2, 0.25) is 0 Å². The molecule has 0 bridgehead atoms. The Bertz CT molecular complexity index is 737. The van der Waals surface area contributed by atoms with Crippen molar-refractivity contribution in [1.82, 2.24) is 9.80 Å². The van der Waals surface area contributed by atoms with Crippen molar-refractivity contribution in [3.63, 3.8) is 0 Å². The Morgan fingerprint density at radius 1 is 0.889 bits per heavy atom. The first-order valence-electron chi connectivity index (χ1n) is 9.66. The Morgan fingerprint density at radius 3 is 2.22 bits per heavy atom.